The Morgan fingerprint density at radius 1 is 0.857 bits per heavy atom. The Labute approximate surface area is 85.8 Å². The Hall–Kier alpha value is -0.410. The van der Waals surface area contributed by atoms with Crippen LogP contribution in [0.25, 0.3) is 0 Å². The van der Waals surface area contributed by atoms with E-state index >= 15 is 0 Å². The van der Waals surface area contributed by atoms with Gasteiger partial charge in [-0.25, -0.2) is 0 Å². The number of hydrogen-bond acceptors (Lipinski definition) is 3. The molecule has 2 atom stereocenters. The van der Waals surface area contributed by atoms with Crippen LogP contribution in [0.15, 0.2) is 0 Å². The third-order valence-corrected chi connectivity index (χ3v) is 1.69. The molecule has 0 aliphatic heterocycles. The molecule has 3 nitrogen and oxygen atoms in total. The van der Waals surface area contributed by atoms with Gasteiger partial charge in [-0.3, -0.25) is 4.79 Å². The van der Waals surface area contributed by atoms with Crippen molar-refractivity contribution in [3.63, 3.8) is 0 Å². The summed E-state index contributed by atoms with van der Waals surface area (Å²) in [6.45, 7) is 11.6. The van der Waals surface area contributed by atoms with E-state index in [2.05, 4.69) is 0 Å². The first-order valence-corrected chi connectivity index (χ1v) is 4.99. The van der Waals surface area contributed by atoms with Gasteiger partial charge in [-0.1, -0.05) is 0 Å². The monoisotopic (exact) mass is 200 g/mol. The minimum Gasteiger partial charge on any atom is -0.361 e. The van der Waals surface area contributed by atoms with E-state index in [-0.39, 0.29) is 29.2 Å². The molecule has 1 aliphatic carbocycles. The molecule has 0 bridgehead atoms. The maximum absolute atomic E-state index is 11.3. The van der Waals surface area contributed by atoms with Gasteiger partial charge in [0.15, 0.2) is 18.0 Å². The molecule has 14 heavy (non-hydrogen) atoms. The molecule has 0 heterocycles. The van der Waals surface area contributed by atoms with Crippen LogP contribution < -0.4 is 0 Å². The molecule has 0 aromatic heterocycles. The molecule has 82 valence electrons. The van der Waals surface area contributed by atoms with Crippen LogP contribution in [0.2, 0.25) is 0 Å². The summed E-state index contributed by atoms with van der Waals surface area (Å²) in [6.07, 6.45) is -0.705. The summed E-state index contributed by atoms with van der Waals surface area (Å²) in [6, 6.07) is 0. The minimum atomic E-state index is -0.353. The van der Waals surface area contributed by atoms with Gasteiger partial charge in [-0.05, 0) is 41.5 Å². The number of ketones is 1. The van der Waals surface area contributed by atoms with Crippen molar-refractivity contribution in [1.29, 1.82) is 0 Å². The summed E-state index contributed by atoms with van der Waals surface area (Å²) < 4.78 is 11.1. The lowest BCUT2D eigenvalue weighted by atomic mass is 10.2. The highest BCUT2D eigenvalue weighted by Gasteiger charge is 2.55. The van der Waals surface area contributed by atoms with E-state index in [1.165, 1.54) is 0 Å². The summed E-state index contributed by atoms with van der Waals surface area (Å²) in [7, 11) is 0. The third kappa shape index (κ3) is 3.39. The van der Waals surface area contributed by atoms with Crippen molar-refractivity contribution < 1.29 is 14.3 Å². The molecular weight excluding hydrogens is 180 g/mol. The molecule has 0 aromatic rings. The highest BCUT2D eigenvalue weighted by atomic mass is 16.6. The van der Waals surface area contributed by atoms with E-state index in [4.69, 9.17) is 9.47 Å². The Kier molecular flexibility index (Phi) is 2.76. The Balaban J connectivity index is 2.43. The fourth-order valence-electron chi connectivity index (χ4n) is 1.20. The van der Waals surface area contributed by atoms with Crippen molar-refractivity contribution in [2.45, 2.75) is 65.0 Å². The second kappa shape index (κ2) is 3.31. The smallest absolute Gasteiger partial charge is 0.196 e. The SMILES string of the molecule is CC(C)(C)OC1C(=O)C1OC(C)(C)C. The molecule has 0 radical (unpaired) electrons. The normalized spacial score (nSPS) is 28.0. The zero-order valence-electron chi connectivity index (χ0n) is 9.88. The van der Waals surface area contributed by atoms with Gasteiger partial charge < -0.3 is 9.47 Å². The molecular formula is C11H20O3. The molecule has 0 spiro atoms. The number of carbonyl (C=O) groups is 1. The maximum atomic E-state index is 11.3. The van der Waals surface area contributed by atoms with Crippen LogP contribution in [0.5, 0.6) is 0 Å². The quantitative estimate of drug-likeness (QED) is 0.683. The first-order valence-electron chi connectivity index (χ1n) is 4.99. The van der Waals surface area contributed by atoms with Crippen LogP contribution >= 0.6 is 0 Å². The van der Waals surface area contributed by atoms with Gasteiger partial charge in [0.2, 0.25) is 0 Å². The Bertz CT molecular complexity index is 208. The van der Waals surface area contributed by atoms with Crippen molar-refractivity contribution in [3.05, 3.63) is 0 Å². The maximum Gasteiger partial charge on any atom is 0.196 e. The molecule has 1 rings (SSSR count). The molecule has 1 saturated carbocycles. The standard InChI is InChI=1S/C11H20O3/c1-10(2,3)13-8-7(12)9(8)14-11(4,5)6/h8-9H,1-6H3. The minimum absolute atomic E-state index is 0.0647. The van der Waals surface area contributed by atoms with Gasteiger partial charge in [0.25, 0.3) is 0 Å². The molecule has 0 saturated heterocycles. The van der Waals surface area contributed by atoms with Crippen LogP contribution in [0, 0.1) is 0 Å². The van der Waals surface area contributed by atoms with E-state index in [0.717, 1.165) is 0 Å². The van der Waals surface area contributed by atoms with Gasteiger partial charge in [-0.2, -0.15) is 0 Å². The summed E-state index contributed by atoms with van der Waals surface area (Å²) in [5.41, 5.74) is -0.563. The zero-order chi connectivity index (χ0) is 11.1. The Morgan fingerprint density at radius 2 is 1.14 bits per heavy atom. The molecule has 3 heteroatoms. The fraction of sp³-hybridized carbons (Fsp3) is 0.909. The van der Waals surface area contributed by atoms with Gasteiger partial charge in [0, 0.05) is 0 Å². The number of carbonyl (C=O) groups excluding carboxylic acids is 1. The van der Waals surface area contributed by atoms with Crippen LogP contribution in [0.3, 0.4) is 0 Å². The van der Waals surface area contributed by atoms with Crippen LogP contribution in [-0.4, -0.2) is 29.2 Å². The van der Waals surface area contributed by atoms with E-state index in [9.17, 15) is 4.79 Å². The van der Waals surface area contributed by atoms with Crippen LogP contribution in [0.1, 0.15) is 41.5 Å². The van der Waals surface area contributed by atoms with Gasteiger partial charge in [0.05, 0.1) is 11.2 Å². The molecule has 1 fully saturated rings. The van der Waals surface area contributed by atoms with Gasteiger partial charge in [-0.15, -0.1) is 0 Å². The van der Waals surface area contributed by atoms with E-state index < -0.39 is 0 Å². The first kappa shape index (κ1) is 11.7. The van der Waals surface area contributed by atoms with Crippen LogP contribution in [0.4, 0.5) is 0 Å². The molecule has 0 amide bonds. The van der Waals surface area contributed by atoms with Crippen molar-refractivity contribution >= 4 is 5.78 Å². The van der Waals surface area contributed by atoms with Crippen molar-refractivity contribution in [2.75, 3.05) is 0 Å². The second-order valence-electron chi connectivity index (χ2n) is 5.70. The second-order valence-corrected chi connectivity index (χ2v) is 5.70. The lowest BCUT2D eigenvalue weighted by Gasteiger charge is -2.21. The van der Waals surface area contributed by atoms with E-state index in [0.29, 0.717) is 0 Å². The Morgan fingerprint density at radius 3 is 1.36 bits per heavy atom. The lowest BCUT2D eigenvalue weighted by molar-refractivity contribution is -0.118. The number of ether oxygens (including phenoxy) is 2. The number of hydrogen-bond donors (Lipinski definition) is 0. The topological polar surface area (TPSA) is 35.5 Å². The summed E-state index contributed by atoms with van der Waals surface area (Å²) in [4.78, 5) is 11.3. The average Bonchev–Trinajstić information content (AvgIpc) is 2.38. The lowest BCUT2D eigenvalue weighted by Crippen LogP contribution is -2.26. The number of Topliss-reactive ketones (excluding diaryl/α,β-unsaturated/α-hetero) is 1. The van der Waals surface area contributed by atoms with E-state index in [1.54, 1.807) is 0 Å². The van der Waals surface area contributed by atoms with Crippen molar-refractivity contribution in [1.82, 2.24) is 0 Å². The fourth-order valence-corrected chi connectivity index (χ4v) is 1.20. The summed E-state index contributed by atoms with van der Waals surface area (Å²) in [5, 5.41) is 0. The predicted molar refractivity (Wildman–Crippen MR) is 54.3 cm³/mol. The highest BCUT2D eigenvalue weighted by molar-refractivity contribution is 6.05. The molecule has 0 aromatic carbocycles. The zero-order valence-corrected chi connectivity index (χ0v) is 9.88. The third-order valence-electron chi connectivity index (χ3n) is 1.69. The van der Waals surface area contributed by atoms with Gasteiger partial charge >= 0.3 is 0 Å². The molecule has 0 N–H and O–H groups in total. The average molecular weight is 200 g/mol. The number of rotatable bonds is 2. The largest absolute Gasteiger partial charge is 0.361 e. The summed E-state index contributed by atoms with van der Waals surface area (Å²) >= 11 is 0. The van der Waals surface area contributed by atoms with Crippen molar-refractivity contribution in [2.24, 2.45) is 0 Å². The van der Waals surface area contributed by atoms with Crippen LogP contribution in [-0.2, 0) is 14.3 Å². The first-order chi connectivity index (χ1) is 6.10. The molecule has 1 aliphatic rings. The summed E-state index contributed by atoms with van der Waals surface area (Å²) in [5.74, 6) is 0.0647. The van der Waals surface area contributed by atoms with Gasteiger partial charge in [0.1, 0.15) is 0 Å². The van der Waals surface area contributed by atoms with E-state index in [1.807, 2.05) is 41.5 Å². The van der Waals surface area contributed by atoms with Crippen molar-refractivity contribution in [3.8, 4) is 0 Å². The molecule has 2 unspecified atom stereocenters. The highest BCUT2D eigenvalue weighted by Crippen LogP contribution is 2.31. The predicted octanol–water partition coefficient (Wildman–Crippen LogP) is 1.94.